The first kappa shape index (κ1) is 14.5. The van der Waals surface area contributed by atoms with Crippen LogP contribution in [-0.2, 0) is 0 Å². The Morgan fingerprint density at radius 3 is 1.74 bits per heavy atom. The van der Waals surface area contributed by atoms with Crippen LogP contribution in [-0.4, -0.2) is 0 Å². The van der Waals surface area contributed by atoms with Crippen molar-refractivity contribution in [1.29, 1.82) is 0 Å². The van der Waals surface area contributed by atoms with Gasteiger partial charge in [-0.2, -0.15) is 0 Å². The summed E-state index contributed by atoms with van der Waals surface area (Å²) in [6, 6.07) is 10.2. The van der Waals surface area contributed by atoms with E-state index in [4.69, 9.17) is 23.6 Å². The molecule has 10 rings (SSSR count). The van der Waals surface area contributed by atoms with Gasteiger partial charge in [0, 0.05) is 16.2 Å². The second kappa shape index (κ2) is 10.2. The molecule has 1 nitrogen and oxygen atoms in total. The Morgan fingerprint density at radius 2 is 1.02 bits per heavy atom. The minimum absolute atomic E-state index is 0.00762. The molecule has 0 saturated carbocycles. The van der Waals surface area contributed by atoms with Gasteiger partial charge in [-0.15, -0.1) is 0 Å². The summed E-state index contributed by atoms with van der Waals surface area (Å²) in [6.45, 7) is 0. The molecule has 0 aliphatic rings. The molecule has 218 valence electrons. The average molecular weight is 614 g/mol. The molecule has 1 aromatic heterocycles. The number of furan rings is 1. The van der Waals surface area contributed by atoms with Gasteiger partial charge in [-0.25, -0.2) is 0 Å². The molecule has 0 atom stereocenters. The van der Waals surface area contributed by atoms with Crippen LogP contribution in [0.2, 0.25) is 0 Å². The fourth-order valence-corrected chi connectivity index (χ4v) is 6.59. The zero-order valence-electron chi connectivity index (χ0n) is 41.3. The van der Waals surface area contributed by atoms with Gasteiger partial charge in [0.1, 0.15) is 11.2 Å². The maximum absolute atomic E-state index is 9.72. The van der Waals surface area contributed by atoms with Gasteiger partial charge in [0.25, 0.3) is 0 Å². The van der Waals surface area contributed by atoms with E-state index in [1.165, 1.54) is 0 Å². The molecule has 0 amide bonds. The number of benzene rings is 9. The minimum atomic E-state index is -0.687. The second-order valence-corrected chi connectivity index (χ2v) is 11.1. The SMILES string of the molecule is [2H]c1c([2H])c([2H])c(-c2c([2H])c3c4cc(-c5c6ccccc6c(-c6c([2H])c([2H])c7c([2H])c([2H])c([2H])c([2H])c7c6[2H])c6ccccc56)ccc4oc3c3c([2H])c([2H])c([2H])c([2H])c23)c([2H])c1[2H]. The summed E-state index contributed by atoms with van der Waals surface area (Å²) < 4.78 is 155. The highest BCUT2D eigenvalue weighted by Gasteiger charge is 2.19. The largest absolute Gasteiger partial charge is 0.455 e. The summed E-state index contributed by atoms with van der Waals surface area (Å²) in [5.74, 6) is 0. The van der Waals surface area contributed by atoms with E-state index < -0.39 is 96.2 Å². The van der Waals surface area contributed by atoms with Crippen molar-refractivity contribution in [2.45, 2.75) is 0 Å². The van der Waals surface area contributed by atoms with Crippen LogP contribution in [0.4, 0.5) is 0 Å². The molecule has 0 spiro atoms. The van der Waals surface area contributed by atoms with Gasteiger partial charge in [0.05, 0.1) is 23.3 Å². The molecule has 1 heteroatoms. The van der Waals surface area contributed by atoms with Crippen molar-refractivity contribution in [3.63, 3.8) is 0 Å². The molecule has 0 unspecified atom stereocenters. The fourth-order valence-electron chi connectivity index (χ4n) is 6.59. The van der Waals surface area contributed by atoms with Crippen molar-refractivity contribution >= 4 is 65.0 Å². The molecular weight excluding hydrogens is 569 g/mol. The Balaban J connectivity index is 1.34. The molecule has 0 radical (unpaired) electrons. The van der Waals surface area contributed by atoms with Crippen molar-refractivity contribution in [2.24, 2.45) is 0 Å². The third-order valence-electron chi connectivity index (χ3n) is 8.57. The summed E-state index contributed by atoms with van der Waals surface area (Å²) >= 11 is 0. The number of hydrogen-bond acceptors (Lipinski definition) is 1. The van der Waals surface area contributed by atoms with Crippen molar-refractivity contribution in [2.75, 3.05) is 0 Å². The van der Waals surface area contributed by atoms with Crippen LogP contribution in [0.3, 0.4) is 0 Å². The van der Waals surface area contributed by atoms with Crippen molar-refractivity contribution in [3.05, 3.63) is 169 Å². The first-order valence-corrected chi connectivity index (χ1v) is 14.8. The van der Waals surface area contributed by atoms with E-state index in [0.29, 0.717) is 43.6 Å². The highest BCUT2D eigenvalue weighted by atomic mass is 16.3. The molecule has 47 heavy (non-hydrogen) atoms. The highest BCUT2D eigenvalue weighted by Crippen LogP contribution is 2.46. The van der Waals surface area contributed by atoms with E-state index in [2.05, 4.69) is 0 Å². The predicted molar refractivity (Wildman–Crippen MR) is 200 cm³/mol. The van der Waals surface area contributed by atoms with E-state index >= 15 is 0 Å². The second-order valence-electron chi connectivity index (χ2n) is 11.1. The summed E-state index contributed by atoms with van der Waals surface area (Å²) in [7, 11) is 0. The summed E-state index contributed by atoms with van der Waals surface area (Å²) in [5, 5.41) is 2.00. The Labute approximate surface area is 295 Å². The molecule has 0 N–H and O–H groups in total. The minimum Gasteiger partial charge on any atom is -0.455 e. The summed E-state index contributed by atoms with van der Waals surface area (Å²) in [4.78, 5) is 0. The van der Waals surface area contributed by atoms with Crippen LogP contribution >= 0.6 is 0 Å². The Bertz CT molecular complexity index is 3730. The van der Waals surface area contributed by atoms with Gasteiger partial charge in [-0.3, -0.25) is 0 Å². The lowest BCUT2D eigenvalue weighted by Crippen LogP contribution is -1.91. The zero-order valence-corrected chi connectivity index (χ0v) is 24.3. The van der Waals surface area contributed by atoms with Gasteiger partial charge in [0.15, 0.2) is 0 Å². The maximum Gasteiger partial charge on any atom is 0.143 e. The molecule has 0 aliphatic heterocycles. The van der Waals surface area contributed by atoms with Crippen LogP contribution in [0, 0.1) is 0 Å². The van der Waals surface area contributed by atoms with Gasteiger partial charge in [-0.1, -0.05) is 145 Å². The monoisotopic (exact) mass is 613 g/mol. The third kappa shape index (κ3) is 3.97. The molecule has 0 bridgehead atoms. The molecule has 0 fully saturated rings. The standard InChI is InChI=1S/C46H28O/c1-2-13-30(14-3-1)40-28-42-41-27-33(24-25-43(41)47-46(42)39-21-11-6-16-34(39)40)45-37-19-9-7-17-35(37)44(36-18-8-10-20-38(36)45)32-23-22-29-12-4-5-15-31(29)26-32/h1-28H/i1D,2D,3D,4D,5D,6D,11D,12D,13D,14D,15D,16D,21D,22D,23D,26D,28D. The zero-order chi connectivity index (χ0) is 45.7. The van der Waals surface area contributed by atoms with Gasteiger partial charge < -0.3 is 4.42 Å². The van der Waals surface area contributed by atoms with E-state index in [9.17, 15) is 4.11 Å². The number of fused-ring (bicyclic) bond motifs is 8. The molecular formula is C46H28O. The Hall–Kier alpha value is -6.18. The van der Waals surface area contributed by atoms with Crippen LogP contribution in [0.5, 0.6) is 0 Å². The van der Waals surface area contributed by atoms with Gasteiger partial charge >= 0.3 is 0 Å². The molecule has 0 aliphatic carbocycles. The molecule has 10 aromatic rings. The molecule has 1 heterocycles. The van der Waals surface area contributed by atoms with Crippen LogP contribution in [0.25, 0.3) is 98.4 Å². The predicted octanol–water partition coefficient (Wildman–Crippen LogP) is 13.2. The van der Waals surface area contributed by atoms with E-state index in [1.54, 1.807) is 54.6 Å². The number of hydrogen-bond donors (Lipinski definition) is 0. The topological polar surface area (TPSA) is 13.1 Å². The quantitative estimate of drug-likeness (QED) is 0.181. The normalized spacial score (nSPS) is 16.9. The lowest BCUT2D eigenvalue weighted by molar-refractivity contribution is 0.673. The fraction of sp³-hybridized carbons (Fsp3) is 0. The maximum atomic E-state index is 9.72. The van der Waals surface area contributed by atoms with Crippen LogP contribution < -0.4 is 0 Å². The Morgan fingerprint density at radius 1 is 0.404 bits per heavy atom. The summed E-state index contributed by atoms with van der Waals surface area (Å²) in [6.07, 6.45) is 0. The number of rotatable bonds is 3. The first-order valence-electron chi connectivity index (χ1n) is 23.3. The summed E-state index contributed by atoms with van der Waals surface area (Å²) in [5.41, 5.74) is 1.13. The van der Waals surface area contributed by atoms with Crippen molar-refractivity contribution in [3.8, 4) is 33.4 Å². The third-order valence-corrected chi connectivity index (χ3v) is 8.57. The lowest BCUT2D eigenvalue weighted by Gasteiger charge is -2.18. The van der Waals surface area contributed by atoms with E-state index in [0.717, 1.165) is 0 Å². The molecule has 0 saturated heterocycles. The van der Waals surface area contributed by atoms with E-state index in [1.807, 2.05) is 12.1 Å². The van der Waals surface area contributed by atoms with Crippen LogP contribution in [0.1, 0.15) is 23.3 Å². The van der Waals surface area contributed by atoms with Gasteiger partial charge in [-0.05, 0) is 95.3 Å². The van der Waals surface area contributed by atoms with Crippen LogP contribution in [0.15, 0.2) is 174 Å². The van der Waals surface area contributed by atoms with Gasteiger partial charge in [0.2, 0.25) is 0 Å². The lowest BCUT2D eigenvalue weighted by atomic mass is 9.85. The first-order chi connectivity index (χ1) is 30.4. The highest BCUT2D eigenvalue weighted by molar-refractivity contribution is 6.24. The smallest absolute Gasteiger partial charge is 0.143 e. The Kier molecular flexibility index (Phi) is 3.14. The van der Waals surface area contributed by atoms with Crippen molar-refractivity contribution < 1.29 is 27.7 Å². The van der Waals surface area contributed by atoms with E-state index in [-0.39, 0.29) is 61.3 Å². The average Bonchev–Trinajstić information content (AvgIpc) is 3.68. The van der Waals surface area contributed by atoms with Crippen molar-refractivity contribution in [1.82, 2.24) is 0 Å². The molecule has 9 aromatic carbocycles.